The molecule has 1 fully saturated rings. The third-order valence-corrected chi connectivity index (χ3v) is 6.49. The SMILES string of the molecule is CCCCCc1ccc(C(=O)NC2CCN(c3nc4ccccc4n3C(C)C)CC2)cc1. The summed E-state index contributed by atoms with van der Waals surface area (Å²) in [5, 5.41) is 3.25. The molecule has 1 N–H and O–H groups in total. The molecule has 32 heavy (non-hydrogen) atoms. The van der Waals surface area contributed by atoms with Gasteiger partial charge in [0.25, 0.3) is 5.91 Å². The average Bonchev–Trinajstić information content (AvgIpc) is 3.20. The molecule has 5 heteroatoms. The topological polar surface area (TPSA) is 50.2 Å². The molecule has 0 unspecified atom stereocenters. The quantitative estimate of drug-likeness (QED) is 0.461. The maximum atomic E-state index is 12.8. The van der Waals surface area contributed by atoms with Crippen LogP contribution in [0.3, 0.4) is 0 Å². The molecule has 1 aromatic heterocycles. The Morgan fingerprint density at radius 2 is 1.78 bits per heavy atom. The van der Waals surface area contributed by atoms with E-state index in [1.54, 1.807) is 0 Å². The molecule has 1 aliphatic rings. The summed E-state index contributed by atoms with van der Waals surface area (Å²) in [6, 6.07) is 17.0. The van der Waals surface area contributed by atoms with Crippen molar-refractivity contribution in [2.45, 2.75) is 71.4 Å². The zero-order valence-electron chi connectivity index (χ0n) is 19.7. The lowest BCUT2D eigenvalue weighted by atomic mass is 10.0. The Labute approximate surface area is 191 Å². The summed E-state index contributed by atoms with van der Waals surface area (Å²) < 4.78 is 2.33. The molecule has 170 valence electrons. The Bertz CT molecular complexity index is 1030. The molecule has 4 rings (SSSR count). The molecule has 0 aliphatic carbocycles. The maximum Gasteiger partial charge on any atom is 0.251 e. The van der Waals surface area contributed by atoms with E-state index in [0.29, 0.717) is 6.04 Å². The van der Waals surface area contributed by atoms with Crippen LogP contribution in [0.1, 0.15) is 74.8 Å². The van der Waals surface area contributed by atoms with Gasteiger partial charge < -0.3 is 14.8 Å². The van der Waals surface area contributed by atoms with E-state index in [0.717, 1.165) is 49.4 Å². The summed E-state index contributed by atoms with van der Waals surface area (Å²) in [4.78, 5) is 20.1. The van der Waals surface area contributed by atoms with Crippen LogP contribution in [0, 0.1) is 0 Å². The highest BCUT2D eigenvalue weighted by Gasteiger charge is 2.25. The molecular weight excluding hydrogens is 396 g/mol. The van der Waals surface area contributed by atoms with Crippen LogP contribution in [0.4, 0.5) is 5.95 Å². The lowest BCUT2D eigenvalue weighted by Gasteiger charge is -2.34. The van der Waals surface area contributed by atoms with Crippen molar-refractivity contribution >= 4 is 22.9 Å². The van der Waals surface area contributed by atoms with E-state index in [9.17, 15) is 4.79 Å². The molecular formula is C27H36N4O. The lowest BCUT2D eigenvalue weighted by molar-refractivity contribution is 0.0931. The number of fused-ring (bicyclic) bond motifs is 1. The second-order valence-corrected chi connectivity index (χ2v) is 9.25. The van der Waals surface area contributed by atoms with Crippen molar-refractivity contribution in [2.24, 2.45) is 0 Å². The number of carbonyl (C=O) groups excluding carboxylic acids is 1. The van der Waals surface area contributed by atoms with Gasteiger partial charge >= 0.3 is 0 Å². The summed E-state index contributed by atoms with van der Waals surface area (Å²) in [7, 11) is 0. The Kier molecular flexibility index (Phi) is 7.13. The second-order valence-electron chi connectivity index (χ2n) is 9.25. The number of anilines is 1. The predicted octanol–water partition coefficient (Wildman–Crippen LogP) is 5.75. The van der Waals surface area contributed by atoms with Crippen LogP contribution in [-0.2, 0) is 6.42 Å². The van der Waals surface area contributed by atoms with Gasteiger partial charge in [0.1, 0.15) is 0 Å². The minimum absolute atomic E-state index is 0.0398. The van der Waals surface area contributed by atoms with Crippen molar-refractivity contribution < 1.29 is 4.79 Å². The smallest absolute Gasteiger partial charge is 0.251 e. The minimum Gasteiger partial charge on any atom is -0.349 e. The van der Waals surface area contributed by atoms with Crippen LogP contribution in [0.25, 0.3) is 11.0 Å². The summed E-state index contributed by atoms with van der Waals surface area (Å²) in [5.74, 6) is 1.09. The molecule has 0 spiro atoms. The molecule has 3 aromatic rings. The van der Waals surface area contributed by atoms with E-state index in [2.05, 4.69) is 65.9 Å². The van der Waals surface area contributed by atoms with Gasteiger partial charge in [0.05, 0.1) is 11.0 Å². The van der Waals surface area contributed by atoms with Crippen molar-refractivity contribution in [1.29, 1.82) is 0 Å². The van der Waals surface area contributed by atoms with E-state index >= 15 is 0 Å². The first-order valence-corrected chi connectivity index (χ1v) is 12.2. The zero-order valence-corrected chi connectivity index (χ0v) is 19.7. The molecule has 1 amide bonds. The number of unbranched alkanes of at least 4 members (excludes halogenated alkanes) is 2. The number of rotatable bonds is 8. The van der Waals surface area contributed by atoms with Gasteiger partial charge in [0, 0.05) is 30.7 Å². The normalized spacial score (nSPS) is 14.9. The average molecular weight is 433 g/mol. The van der Waals surface area contributed by atoms with Gasteiger partial charge in [-0.15, -0.1) is 0 Å². The van der Waals surface area contributed by atoms with Crippen LogP contribution < -0.4 is 10.2 Å². The van der Waals surface area contributed by atoms with Crippen molar-refractivity contribution in [3.8, 4) is 0 Å². The minimum atomic E-state index is 0.0398. The Balaban J connectivity index is 1.35. The number of nitrogens with one attached hydrogen (secondary N) is 1. The molecule has 0 atom stereocenters. The highest BCUT2D eigenvalue weighted by molar-refractivity contribution is 5.94. The number of hydrogen-bond acceptors (Lipinski definition) is 3. The number of aryl methyl sites for hydroxylation is 1. The van der Waals surface area contributed by atoms with Crippen LogP contribution in [-0.4, -0.2) is 34.6 Å². The maximum absolute atomic E-state index is 12.8. The molecule has 2 aromatic carbocycles. The number of carbonyl (C=O) groups is 1. The summed E-state index contributed by atoms with van der Waals surface area (Å²) in [6.45, 7) is 8.44. The van der Waals surface area contributed by atoms with E-state index in [1.807, 2.05) is 18.2 Å². The molecule has 5 nitrogen and oxygen atoms in total. The Morgan fingerprint density at radius 3 is 2.47 bits per heavy atom. The highest BCUT2D eigenvalue weighted by Crippen LogP contribution is 2.28. The number of aromatic nitrogens is 2. The van der Waals surface area contributed by atoms with E-state index in [4.69, 9.17) is 4.98 Å². The Morgan fingerprint density at radius 1 is 1.06 bits per heavy atom. The molecule has 2 heterocycles. The van der Waals surface area contributed by atoms with Crippen molar-refractivity contribution in [3.63, 3.8) is 0 Å². The van der Waals surface area contributed by atoms with Gasteiger partial charge in [-0.1, -0.05) is 44.0 Å². The first kappa shape index (κ1) is 22.4. The third-order valence-electron chi connectivity index (χ3n) is 6.49. The number of imidazole rings is 1. The van der Waals surface area contributed by atoms with Gasteiger partial charge in [-0.3, -0.25) is 4.79 Å². The molecule has 1 saturated heterocycles. The van der Waals surface area contributed by atoms with Crippen LogP contribution in [0.2, 0.25) is 0 Å². The van der Waals surface area contributed by atoms with Crippen LogP contribution in [0.5, 0.6) is 0 Å². The predicted molar refractivity (Wildman–Crippen MR) is 132 cm³/mol. The van der Waals surface area contributed by atoms with E-state index in [1.165, 1.54) is 30.3 Å². The molecule has 0 radical (unpaired) electrons. The standard InChI is InChI=1S/C27H36N4O/c1-4-5-6-9-21-12-14-22(15-13-21)26(32)28-23-16-18-30(19-17-23)27-29-24-10-7-8-11-25(24)31(27)20(2)3/h7-8,10-15,20,23H,4-6,9,16-19H2,1-3H3,(H,28,32). The van der Waals surface area contributed by atoms with Crippen molar-refractivity contribution in [3.05, 3.63) is 59.7 Å². The summed E-state index contributed by atoms with van der Waals surface area (Å²) in [5.41, 5.74) is 4.31. The van der Waals surface area contributed by atoms with Crippen LogP contribution in [0.15, 0.2) is 48.5 Å². The van der Waals surface area contributed by atoms with Gasteiger partial charge in [0.2, 0.25) is 5.95 Å². The first-order chi connectivity index (χ1) is 15.6. The van der Waals surface area contributed by atoms with Gasteiger partial charge in [0.15, 0.2) is 0 Å². The number of benzene rings is 2. The summed E-state index contributed by atoms with van der Waals surface area (Å²) >= 11 is 0. The molecule has 0 saturated carbocycles. The number of hydrogen-bond donors (Lipinski definition) is 1. The second kappa shape index (κ2) is 10.2. The monoisotopic (exact) mass is 432 g/mol. The number of amides is 1. The van der Waals surface area contributed by atoms with Gasteiger partial charge in [-0.25, -0.2) is 4.98 Å². The van der Waals surface area contributed by atoms with E-state index < -0.39 is 0 Å². The fourth-order valence-electron chi connectivity index (χ4n) is 4.66. The van der Waals surface area contributed by atoms with Crippen LogP contribution >= 0.6 is 0 Å². The third kappa shape index (κ3) is 4.98. The molecule has 1 aliphatic heterocycles. The highest BCUT2D eigenvalue weighted by atomic mass is 16.1. The number of piperidine rings is 1. The number of para-hydroxylation sites is 2. The zero-order chi connectivity index (χ0) is 22.5. The largest absolute Gasteiger partial charge is 0.349 e. The fraction of sp³-hybridized carbons (Fsp3) is 0.481. The van der Waals surface area contributed by atoms with Gasteiger partial charge in [-0.05, 0) is 69.4 Å². The summed E-state index contributed by atoms with van der Waals surface area (Å²) in [6.07, 6.45) is 6.66. The van der Waals surface area contributed by atoms with Gasteiger partial charge in [-0.2, -0.15) is 0 Å². The Hall–Kier alpha value is -2.82. The van der Waals surface area contributed by atoms with Crippen molar-refractivity contribution in [1.82, 2.24) is 14.9 Å². The lowest BCUT2D eigenvalue weighted by Crippen LogP contribution is -2.45. The number of nitrogens with zero attached hydrogens (tertiary/aromatic N) is 3. The van der Waals surface area contributed by atoms with Crippen molar-refractivity contribution in [2.75, 3.05) is 18.0 Å². The van der Waals surface area contributed by atoms with E-state index in [-0.39, 0.29) is 11.9 Å². The molecule has 0 bridgehead atoms. The first-order valence-electron chi connectivity index (χ1n) is 12.2. The fourth-order valence-corrected chi connectivity index (χ4v) is 4.66.